The van der Waals surface area contributed by atoms with Crippen molar-refractivity contribution in [3.8, 4) is 0 Å². The number of amides is 1. The Morgan fingerprint density at radius 1 is 1.35 bits per heavy atom. The van der Waals surface area contributed by atoms with Gasteiger partial charge in [-0.1, -0.05) is 6.92 Å². The molecule has 0 N–H and O–H groups in total. The van der Waals surface area contributed by atoms with Crippen LogP contribution in [0.1, 0.15) is 41.0 Å². The third-order valence-electron chi connectivity index (χ3n) is 2.25. The van der Waals surface area contributed by atoms with Crippen LogP contribution in [-0.4, -0.2) is 34.9 Å². The Bertz CT molecular complexity index is 273. The molecule has 0 aromatic heterocycles. The number of hydrogen-bond acceptors (Lipinski definition) is 3. The molecule has 0 saturated carbocycles. The highest BCUT2D eigenvalue weighted by atomic mass is 35.5. The highest BCUT2D eigenvalue weighted by Gasteiger charge is 2.22. The molecular weight excluding hydrogens is 242 g/mol. The molecule has 0 heterocycles. The van der Waals surface area contributed by atoms with Gasteiger partial charge < -0.3 is 9.64 Å². The topological polar surface area (TPSA) is 46.6 Å². The lowest BCUT2D eigenvalue weighted by Crippen LogP contribution is -2.37. The molecule has 0 rings (SSSR count). The van der Waals surface area contributed by atoms with Gasteiger partial charge in [-0.2, -0.15) is 0 Å². The monoisotopic (exact) mass is 263 g/mol. The smallest absolute Gasteiger partial charge is 0.410 e. The molecule has 0 spiro atoms. The van der Waals surface area contributed by atoms with Crippen LogP contribution in [0.2, 0.25) is 0 Å². The molecule has 100 valence electrons. The van der Waals surface area contributed by atoms with Gasteiger partial charge in [0.2, 0.25) is 5.24 Å². The van der Waals surface area contributed by atoms with Crippen LogP contribution in [0.4, 0.5) is 4.79 Å². The summed E-state index contributed by atoms with van der Waals surface area (Å²) in [7, 11) is 0. The second kappa shape index (κ2) is 6.84. The molecule has 0 aliphatic heterocycles. The molecule has 1 amide bonds. The lowest BCUT2D eigenvalue weighted by atomic mass is 10.1. The van der Waals surface area contributed by atoms with E-state index in [1.54, 1.807) is 11.8 Å². The summed E-state index contributed by atoms with van der Waals surface area (Å²) in [6.45, 7) is 10.1. The number of carbonyl (C=O) groups is 2. The van der Waals surface area contributed by atoms with Crippen molar-refractivity contribution in [2.24, 2.45) is 5.92 Å². The summed E-state index contributed by atoms with van der Waals surface area (Å²) >= 11 is 5.37. The fraction of sp³-hybridized carbons (Fsp3) is 0.833. The molecule has 0 aromatic rings. The predicted octanol–water partition coefficient (Wildman–Crippen LogP) is 3.04. The summed E-state index contributed by atoms with van der Waals surface area (Å²) in [4.78, 5) is 24.2. The van der Waals surface area contributed by atoms with Crippen LogP contribution >= 0.6 is 11.6 Å². The molecule has 0 aliphatic rings. The van der Waals surface area contributed by atoms with E-state index in [2.05, 4.69) is 0 Å². The van der Waals surface area contributed by atoms with E-state index < -0.39 is 5.60 Å². The van der Waals surface area contributed by atoms with Crippen molar-refractivity contribution in [1.82, 2.24) is 4.90 Å². The molecule has 0 radical (unpaired) electrons. The van der Waals surface area contributed by atoms with Crippen LogP contribution in [-0.2, 0) is 9.53 Å². The maximum Gasteiger partial charge on any atom is 0.410 e. The van der Waals surface area contributed by atoms with Crippen LogP contribution in [0.5, 0.6) is 0 Å². The van der Waals surface area contributed by atoms with E-state index in [1.807, 2.05) is 27.7 Å². The van der Waals surface area contributed by atoms with Crippen molar-refractivity contribution in [2.45, 2.75) is 46.6 Å². The zero-order chi connectivity index (χ0) is 13.6. The van der Waals surface area contributed by atoms with Crippen molar-refractivity contribution in [2.75, 3.05) is 13.1 Å². The Kier molecular flexibility index (Phi) is 6.53. The number of halogens is 1. The average Bonchev–Trinajstić information content (AvgIpc) is 2.15. The first-order valence-electron chi connectivity index (χ1n) is 5.84. The zero-order valence-electron chi connectivity index (χ0n) is 11.2. The van der Waals surface area contributed by atoms with Crippen molar-refractivity contribution in [3.05, 3.63) is 0 Å². The Labute approximate surface area is 108 Å². The lowest BCUT2D eigenvalue weighted by molar-refractivity contribution is -0.115. The quantitative estimate of drug-likeness (QED) is 0.717. The number of rotatable bonds is 5. The van der Waals surface area contributed by atoms with Gasteiger partial charge in [-0.25, -0.2) is 4.79 Å². The van der Waals surface area contributed by atoms with Gasteiger partial charge in [0.25, 0.3) is 0 Å². The summed E-state index contributed by atoms with van der Waals surface area (Å²) in [6, 6.07) is 0. The second-order valence-electron chi connectivity index (χ2n) is 5.05. The van der Waals surface area contributed by atoms with Gasteiger partial charge >= 0.3 is 6.09 Å². The first-order chi connectivity index (χ1) is 7.67. The minimum absolute atomic E-state index is 0.242. The Morgan fingerprint density at radius 2 is 1.88 bits per heavy atom. The number of nitrogens with zero attached hydrogens (tertiary/aromatic N) is 1. The van der Waals surface area contributed by atoms with Crippen molar-refractivity contribution in [1.29, 1.82) is 0 Å². The van der Waals surface area contributed by atoms with E-state index in [-0.39, 0.29) is 17.3 Å². The Balaban J connectivity index is 4.24. The summed E-state index contributed by atoms with van der Waals surface area (Å²) in [5.41, 5.74) is -0.502. The average molecular weight is 264 g/mol. The fourth-order valence-corrected chi connectivity index (χ4v) is 1.28. The normalized spacial score (nSPS) is 13.1. The van der Waals surface area contributed by atoms with Gasteiger partial charge in [0, 0.05) is 19.0 Å². The van der Waals surface area contributed by atoms with Gasteiger partial charge in [0.15, 0.2) is 0 Å². The standard InChI is InChI=1S/C12H22ClNO3/c1-6-14(8-7-9(2)10(13)15)11(16)17-12(3,4)5/h9H,6-8H2,1-5H3. The minimum atomic E-state index is -0.502. The molecule has 0 fully saturated rings. The van der Waals surface area contributed by atoms with Gasteiger partial charge in [0.05, 0.1) is 0 Å². The minimum Gasteiger partial charge on any atom is -0.444 e. The molecular formula is C12H22ClNO3. The first kappa shape index (κ1) is 16.2. The van der Waals surface area contributed by atoms with Crippen LogP contribution in [0, 0.1) is 5.92 Å². The van der Waals surface area contributed by atoms with E-state index in [4.69, 9.17) is 16.3 Å². The van der Waals surface area contributed by atoms with E-state index in [9.17, 15) is 9.59 Å². The maximum absolute atomic E-state index is 11.8. The summed E-state index contributed by atoms with van der Waals surface area (Å²) in [5, 5.41) is -0.370. The number of carbonyl (C=O) groups excluding carboxylic acids is 2. The fourth-order valence-electron chi connectivity index (χ4n) is 1.17. The molecule has 5 heteroatoms. The Hall–Kier alpha value is -0.770. The highest BCUT2D eigenvalue weighted by Crippen LogP contribution is 2.12. The van der Waals surface area contributed by atoms with Crippen molar-refractivity contribution in [3.63, 3.8) is 0 Å². The molecule has 0 aromatic carbocycles. The van der Waals surface area contributed by atoms with E-state index in [0.29, 0.717) is 19.5 Å². The number of hydrogen-bond donors (Lipinski definition) is 0. The third kappa shape index (κ3) is 7.21. The van der Waals surface area contributed by atoms with Crippen molar-refractivity contribution >= 4 is 22.9 Å². The first-order valence-corrected chi connectivity index (χ1v) is 6.22. The third-order valence-corrected chi connectivity index (χ3v) is 2.63. The van der Waals surface area contributed by atoms with Crippen LogP contribution in [0.25, 0.3) is 0 Å². The summed E-state index contributed by atoms with van der Waals surface area (Å²) in [6.07, 6.45) is 0.198. The SMILES string of the molecule is CCN(CCC(C)C(=O)Cl)C(=O)OC(C)(C)C. The summed E-state index contributed by atoms with van der Waals surface area (Å²) in [5.74, 6) is -0.242. The van der Waals surface area contributed by atoms with Crippen LogP contribution in [0.15, 0.2) is 0 Å². The van der Waals surface area contributed by atoms with E-state index >= 15 is 0 Å². The Morgan fingerprint density at radius 3 is 2.24 bits per heavy atom. The molecule has 0 saturated heterocycles. The van der Waals surface area contributed by atoms with Crippen LogP contribution < -0.4 is 0 Å². The molecule has 4 nitrogen and oxygen atoms in total. The van der Waals surface area contributed by atoms with Gasteiger partial charge in [0.1, 0.15) is 5.60 Å². The van der Waals surface area contributed by atoms with Crippen molar-refractivity contribution < 1.29 is 14.3 Å². The van der Waals surface area contributed by atoms with E-state index in [1.165, 1.54) is 0 Å². The second-order valence-corrected chi connectivity index (χ2v) is 5.43. The van der Waals surface area contributed by atoms with E-state index in [0.717, 1.165) is 0 Å². The van der Waals surface area contributed by atoms with Crippen LogP contribution in [0.3, 0.4) is 0 Å². The maximum atomic E-state index is 11.8. The zero-order valence-corrected chi connectivity index (χ0v) is 12.0. The van der Waals surface area contributed by atoms with Gasteiger partial charge in [-0.05, 0) is 45.7 Å². The van der Waals surface area contributed by atoms with Gasteiger partial charge in [-0.15, -0.1) is 0 Å². The number of ether oxygens (including phenoxy) is 1. The lowest BCUT2D eigenvalue weighted by Gasteiger charge is -2.27. The predicted molar refractivity (Wildman–Crippen MR) is 68.1 cm³/mol. The highest BCUT2D eigenvalue weighted by molar-refractivity contribution is 6.63. The molecule has 0 bridgehead atoms. The summed E-state index contributed by atoms with van der Waals surface area (Å²) < 4.78 is 5.25. The largest absolute Gasteiger partial charge is 0.444 e. The molecule has 0 aliphatic carbocycles. The van der Waals surface area contributed by atoms with Gasteiger partial charge in [-0.3, -0.25) is 4.79 Å². The molecule has 17 heavy (non-hydrogen) atoms. The molecule has 1 unspecified atom stereocenters. The molecule has 1 atom stereocenters.